The zero-order valence-corrected chi connectivity index (χ0v) is 18.3. The second-order valence-electron chi connectivity index (χ2n) is 7.29. The van der Waals surface area contributed by atoms with E-state index in [9.17, 15) is 14.4 Å². The molecule has 30 heavy (non-hydrogen) atoms. The number of aromatic nitrogens is 2. The van der Waals surface area contributed by atoms with E-state index in [0.29, 0.717) is 27.6 Å². The van der Waals surface area contributed by atoms with E-state index >= 15 is 0 Å². The van der Waals surface area contributed by atoms with Crippen LogP contribution in [-0.2, 0) is 22.6 Å². The molecule has 1 N–H and O–H groups in total. The summed E-state index contributed by atoms with van der Waals surface area (Å²) in [5.74, 6) is -0.610. The lowest BCUT2D eigenvalue weighted by Crippen LogP contribution is -2.33. The Morgan fingerprint density at radius 2 is 1.87 bits per heavy atom. The molecule has 8 heteroatoms. The van der Waals surface area contributed by atoms with Gasteiger partial charge in [0.25, 0.3) is 5.56 Å². The number of carbonyl (C=O) groups excluding carboxylic acids is 2. The van der Waals surface area contributed by atoms with E-state index in [4.69, 9.17) is 11.6 Å². The average Bonchev–Trinajstić information content (AvgIpc) is 2.69. The molecule has 0 saturated carbocycles. The van der Waals surface area contributed by atoms with Gasteiger partial charge in [-0.15, -0.1) is 0 Å². The van der Waals surface area contributed by atoms with Gasteiger partial charge in [0.15, 0.2) is 5.16 Å². The fourth-order valence-corrected chi connectivity index (χ4v) is 3.94. The van der Waals surface area contributed by atoms with Crippen molar-refractivity contribution in [2.24, 2.45) is 5.92 Å². The Bertz CT molecular complexity index is 1130. The number of halogens is 1. The molecule has 0 aliphatic carbocycles. The molecule has 0 saturated heterocycles. The summed E-state index contributed by atoms with van der Waals surface area (Å²) in [6.45, 7) is 4.46. The van der Waals surface area contributed by atoms with Gasteiger partial charge in [-0.3, -0.25) is 24.3 Å². The molecule has 2 amide bonds. The molecule has 0 aliphatic heterocycles. The van der Waals surface area contributed by atoms with Crippen LogP contribution in [0.25, 0.3) is 10.9 Å². The Morgan fingerprint density at radius 3 is 2.57 bits per heavy atom. The molecule has 0 radical (unpaired) electrons. The quantitative estimate of drug-likeness (QED) is 0.445. The Morgan fingerprint density at radius 1 is 1.13 bits per heavy atom. The fraction of sp³-hybridized carbons (Fsp3) is 0.273. The van der Waals surface area contributed by atoms with Crippen molar-refractivity contribution in [3.63, 3.8) is 0 Å². The van der Waals surface area contributed by atoms with Crippen LogP contribution in [0.4, 0.5) is 0 Å². The van der Waals surface area contributed by atoms with Gasteiger partial charge in [0.2, 0.25) is 11.8 Å². The third-order valence-electron chi connectivity index (χ3n) is 4.25. The average molecular weight is 444 g/mol. The summed E-state index contributed by atoms with van der Waals surface area (Å²) in [7, 11) is 0. The predicted molar refractivity (Wildman–Crippen MR) is 120 cm³/mol. The van der Waals surface area contributed by atoms with E-state index in [1.807, 2.05) is 44.2 Å². The monoisotopic (exact) mass is 443 g/mol. The number of imide groups is 1. The second-order valence-corrected chi connectivity index (χ2v) is 8.67. The summed E-state index contributed by atoms with van der Waals surface area (Å²) >= 11 is 7.16. The van der Waals surface area contributed by atoms with Crippen LogP contribution < -0.4 is 10.9 Å². The summed E-state index contributed by atoms with van der Waals surface area (Å²) in [5.41, 5.74) is 1.16. The third kappa shape index (κ3) is 5.70. The van der Waals surface area contributed by atoms with Crippen LogP contribution in [0.5, 0.6) is 0 Å². The van der Waals surface area contributed by atoms with Crippen LogP contribution >= 0.6 is 23.4 Å². The van der Waals surface area contributed by atoms with Crippen LogP contribution in [0.1, 0.15) is 19.4 Å². The van der Waals surface area contributed by atoms with Crippen molar-refractivity contribution in [3.05, 3.63) is 69.5 Å². The highest BCUT2D eigenvalue weighted by molar-refractivity contribution is 7.99. The number of rotatable bonds is 7. The molecule has 3 rings (SSSR count). The van der Waals surface area contributed by atoms with Gasteiger partial charge in [-0.05, 0) is 29.7 Å². The van der Waals surface area contributed by atoms with Crippen LogP contribution in [-0.4, -0.2) is 27.1 Å². The molecule has 0 atom stereocenters. The highest BCUT2D eigenvalue weighted by atomic mass is 35.5. The summed E-state index contributed by atoms with van der Waals surface area (Å²) < 4.78 is 1.56. The lowest BCUT2D eigenvalue weighted by Gasteiger charge is -2.15. The van der Waals surface area contributed by atoms with Gasteiger partial charge < -0.3 is 0 Å². The first-order valence-electron chi connectivity index (χ1n) is 9.53. The molecule has 1 aromatic heterocycles. The Kier molecular flexibility index (Phi) is 7.29. The predicted octanol–water partition coefficient (Wildman–Crippen LogP) is 3.68. The molecule has 3 aromatic rings. The SMILES string of the molecule is CC(C)Cn1c(SCC(=O)NC(=O)Cc2ccccc2)nc2ccc(Cl)cc2c1=O. The number of benzene rings is 2. The lowest BCUT2D eigenvalue weighted by molar-refractivity contribution is -0.128. The Labute approximate surface area is 183 Å². The molecule has 0 unspecified atom stereocenters. The number of hydrogen-bond acceptors (Lipinski definition) is 5. The van der Waals surface area contributed by atoms with Crippen molar-refractivity contribution in [3.8, 4) is 0 Å². The summed E-state index contributed by atoms with van der Waals surface area (Å²) in [6.07, 6.45) is 0.129. The maximum atomic E-state index is 13.0. The van der Waals surface area contributed by atoms with E-state index in [1.54, 1.807) is 22.8 Å². The van der Waals surface area contributed by atoms with Gasteiger partial charge in [-0.25, -0.2) is 4.98 Å². The maximum absolute atomic E-state index is 13.0. The van der Waals surface area contributed by atoms with Crippen LogP contribution in [0.15, 0.2) is 58.5 Å². The summed E-state index contributed by atoms with van der Waals surface area (Å²) in [5, 5.41) is 3.73. The molecule has 0 fully saturated rings. The van der Waals surface area contributed by atoms with E-state index in [2.05, 4.69) is 10.3 Å². The lowest BCUT2D eigenvalue weighted by atomic mass is 10.1. The topological polar surface area (TPSA) is 81.1 Å². The molecule has 2 aromatic carbocycles. The highest BCUT2D eigenvalue weighted by Gasteiger charge is 2.16. The van der Waals surface area contributed by atoms with Crippen molar-refractivity contribution in [2.45, 2.75) is 32.0 Å². The number of hydrogen-bond donors (Lipinski definition) is 1. The molecule has 0 bridgehead atoms. The Balaban J connectivity index is 1.74. The summed E-state index contributed by atoms with van der Waals surface area (Å²) in [6, 6.07) is 14.2. The Hall–Kier alpha value is -2.64. The van der Waals surface area contributed by atoms with Crippen molar-refractivity contribution in [2.75, 3.05) is 5.75 Å². The molecule has 0 spiro atoms. The van der Waals surface area contributed by atoms with E-state index in [0.717, 1.165) is 17.3 Å². The van der Waals surface area contributed by atoms with Crippen LogP contribution in [0.3, 0.4) is 0 Å². The minimum absolute atomic E-state index is 0.0236. The molecule has 156 valence electrons. The zero-order valence-electron chi connectivity index (χ0n) is 16.7. The van der Waals surface area contributed by atoms with Gasteiger partial charge in [-0.1, -0.05) is 67.5 Å². The molecular weight excluding hydrogens is 422 g/mol. The van der Waals surface area contributed by atoms with Gasteiger partial charge in [0, 0.05) is 11.6 Å². The van der Waals surface area contributed by atoms with E-state index in [1.165, 1.54) is 0 Å². The van der Waals surface area contributed by atoms with Gasteiger partial charge >= 0.3 is 0 Å². The number of amides is 2. The van der Waals surface area contributed by atoms with Crippen molar-refractivity contribution in [1.29, 1.82) is 0 Å². The van der Waals surface area contributed by atoms with Gasteiger partial charge in [0.1, 0.15) is 0 Å². The minimum Gasteiger partial charge on any atom is -0.295 e. The molecule has 6 nitrogen and oxygen atoms in total. The van der Waals surface area contributed by atoms with Crippen molar-refractivity contribution < 1.29 is 9.59 Å². The first kappa shape index (κ1) is 22.1. The number of carbonyl (C=O) groups is 2. The van der Waals surface area contributed by atoms with Gasteiger partial charge in [0.05, 0.1) is 23.1 Å². The van der Waals surface area contributed by atoms with Crippen LogP contribution in [0.2, 0.25) is 5.02 Å². The van der Waals surface area contributed by atoms with Crippen molar-refractivity contribution >= 4 is 46.1 Å². The fourth-order valence-electron chi connectivity index (χ4n) is 2.96. The number of nitrogens with zero attached hydrogens (tertiary/aromatic N) is 2. The summed E-state index contributed by atoms with van der Waals surface area (Å²) in [4.78, 5) is 41.9. The van der Waals surface area contributed by atoms with E-state index in [-0.39, 0.29) is 29.6 Å². The molecule has 0 aliphatic rings. The van der Waals surface area contributed by atoms with Crippen LogP contribution in [0, 0.1) is 5.92 Å². The highest BCUT2D eigenvalue weighted by Crippen LogP contribution is 2.21. The standard InChI is InChI=1S/C22H22ClN3O3S/c1-14(2)12-26-21(29)17-11-16(23)8-9-18(17)24-22(26)30-13-20(28)25-19(27)10-15-6-4-3-5-7-15/h3-9,11,14H,10,12-13H2,1-2H3,(H,25,27,28). The molecule has 1 heterocycles. The minimum atomic E-state index is -0.428. The zero-order chi connectivity index (χ0) is 21.7. The number of nitrogens with one attached hydrogen (secondary N) is 1. The number of thioether (sulfide) groups is 1. The first-order chi connectivity index (χ1) is 14.3. The largest absolute Gasteiger partial charge is 0.295 e. The van der Waals surface area contributed by atoms with Gasteiger partial charge in [-0.2, -0.15) is 0 Å². The molecular formula is C22H22ClN3O3S. The first-order valence-corrected chi connectivity index (χ1v) is 10.9. The maximum Gasteiger partial charge on any atom is 0.262 e. The second kappa shape index (κ2) is 9.91. The normalized spacial score (nSPS) is 11.1. The number of fused-ring (bicyclic) bond motifs is 1. The smallest absolute Gasteiger partial charge is 0.262 e. The van der Waals surface area contributed by atoms with E-state index < -0.39 is 5.91 Å². The third-order valence-corrected chi connectivity index (χ3v) is 5.46. The van der Waals surface area contributed by atoms with Crippen molar-refractivity contribution in [1.82, 2.24) is 14.9 Å².